The van der Waals surface area contributed by atoms with E-state index < -0.39 is 21.7 Å². The Morgan fingerprint density at radius 3 is 2.43 bits per heavy atom. The molecule has 0 aromatic heterocycles. The smallest absolute Gasteiger partial charge is 0.255 e. The lowest BCUT2D eigenvalue weighted by atomic mass is 10.1. The number of ether oxygens (including phenoxy) is 1. The summed E-state index contributed by atoms with van der Waals surface area (Å²) in [5.41, 5.74) is 1.13. The van der Waals surface area contributed by atoms with E-state index in [0.717, 1.165) is 0 Å². The van der Waals surface area contributed by atoms with Gasteiger partial charge in [0.15, 0.2) is 0 Å². The molecule has 30 heavy (non-hydrogen) atoms. The predicted octanol–water partition coefficient (Wildman–Crippen LogP) is 3.91. The lowest BCUT2D eigenvalue weighted by Gasteiger charge is -2.19. The molecule has 156 valence electrons. The molecule has 0 fully saturated rings. The lowest BCUT2D eigenvalue weighted by Crippen LogP contribution is -2.27. The third-order valence-electron chi connectivity index (χ3n) is 4.47. The fourth-order valence-corrected chi connectivity index (χ4v) is 4.08. The number of carbonyl (C=O) groups is 1. The van der Waals surface area contributed by atoms with Crippen LogP contribution in [0, 0.1) is 5.82 Å². The van der Waals surface area contributed by atoms with E-state index in [1.807, 2.05) is 0 Å². The van der Waals surface area contributed by atoms with Crippen molar-refractivity contribution in [2.24, 2.45) is 0 Å². The maximum absolute atomic E-state index is 13.3. The quantitative estimate of drug-likeness (QED) is 0.619. The predicted molar refractivity (Wildman–Crippen MR) is 112 cm³/mol. The highest BCUT2D eigenvalue weighted by molar-refractivity contribution is 7.89. The van der Waals surface area contributed by atoms with Crippen molar-refractivity contribution < 1.29 is 22.3 Å². The monoisotopic (exact) mass is 428 g/mol. The number of methoxy groups -OCH3 is 1. The van der Waals surface area contributed by atoms with Crippen molar-refractivity contribution in [2.45, 2.75) is 11.4 Å². The van der Waals surface area contributed by atoms with Crippen LogP contribution in [0.1, 0.15) is 15.9 Å². The Morgan fingerprint density at radius 2 is 1.77 bits per heavy atom. The Kier molecular flexibility index (Phi) is 6.49. The normalized spacial score (nSPS) is 11.3. The molecule has 0 atom stereocenters. The highest BCUT2D eigenvalue weighted by Gasteiger charge is 2.22. The number of carbonyl (C=O) groups excluding carboxylic acids is 1. The molecule has 0 spiro atoms. The van der Waals surface area contributed by atoms with Crippen LogP contribution in [0.15, 0.2) is 77.7 Å². The second-order valence-electron chi connectivity index (χ2n) is 6.57. The molecule has 0 saturated carbocycles. The highest BCUT2D eigenvalue weighted by Crippen LogP contribution is 2.25. The molecule has 1 amide bonds. The summed E-state index contributed by atoms with van der Waals surface area (Å²) in [5, 5.41) is 2.62. The van der Waals surface area contributed by atoms with Gasteiger partial charge in [0.2, 0.25) is 10.0 Å². The molecule has 1 N–H and O–H groups in total. The van der Waals surface area contributed by atoms with Gasteiger partial charge in [0.1, 0.15) is 11.6 Å². The Labute approximate surface area is 175 Å². The van der Waals surface area contributed by atoms with Gasteiger partial charge in [-0.3, -0.25) is 4.79 Å². The first-order valence-corrected chi connectivity index (χ1v) is 10.5. The Balaban J connectivity index is 1.85. The van der Waals surface area contributed by atoms with Gasteiger partial charge in [-0.25, -0.2) is 12.8 Å². The molecule has 8 heteroatoms. The van der Waals surface area contributed by atoms with Crippen LogP contribution in [0.25, 0.3) is 0 Å². The highest BCUT2D eigenvalue weighted by atomic mass is 32.2. The molecule has 0 bridgehead atoms. The number of nitrogens with zero attached hydrogens (tertiary/aromatic N) is 1. The number of hydrogen-bond donors (Lipinski definition) is 1. The third kappa shape index (κ3) is 4.84. The summed E-state index contributed by atoms with van der Waals surface area (Å²) in [5.74, 6) is -0.457. The van der Waals surface area contributed by atoms with E-state index in [4.69, 9.17) is 4.74 Å². The van der Waals surface area contributed by atoms with Crippen LogP contribution >= 0.6 is 0 Å². The van der Waals surface area contributed by atoms with Crippen LogP contribution in [0.5, 0.6) is 5.75 Å². The largest absolute Gasteiger partial charge is 0.496 e. The van der Waals surface area contributed by atoms with Gasteiger partial charge in [-0.1, -0.05) is 24.3 Å². The SMILES string of the molecule is COc1ccc(C(=O)Nc2cccc(F)c2)cc1CN(C)S(=O)(=O)c1ccccc1. The maximum Gasteiger partial charge on any atom is 0.255 e. The lowest BCUT2D eigenvalue weighted by molar-refractivity contribution is 0.102. The Bertz CT molecular complexity index is 1150. The number of nitrogens with one attached hydrogen (secondary N) is 1. The van der Waals surface area contributed by atoms with Crippen LogP contribution in [0.4, 0.5) is 10.1 Å². The first-order valence-electron chi connectivity index (χ1n) is 9.06. The molecule has 3 rings (SSSR count). The molecule has 3 aromatic carbocycles. The average molecular weight is 428 g/mol. The van der Waals surface area contributed by atoms with Crippen LogP contribution in [0.3, 0.4) is 0 Å². The van der Waals surface area contributed by atoms with Crippen molar-refractivity contribution in [2.75, 3.05) is 19.5 Å². The fourth-order valence-electron chi connectivity index (χ4n) is 2.91. The first kappa shape index (κ1) is 21.5. The van der Waals surface area contributed by atoms with Crippen LogP contribution in [-0.4, -0.2) is 32.8 Å². The second-order valence-corrected chi connectivity index (χ2v) is 8.61. The minimum atomic E-state index is -3.71. The number of amides is 1. The molecule has 3 aromatic rings. The van der Waals surface area contributed by atoms with Gasteiger partial charge in [-0.15, -0.1) is 0 Å². The summed E-state index contributed by atoms with van der Waals surface area (Å²) in [7, 11) is -0.784. The van der Waals surface area contributed by atoms with Crippen molar-refractivity contribution in [1.82, 2.24) is 4.31 Å². The van der Waals surface area contributed by atoms with Gasteiger partial charge in [0, 0.05) is 30.4 Å². The molecule has 0 saturated heterocycles. The topological polar surface area (TPSA) is 75.7 Å². The van der Waals surface area contributed by atoms with E-state index in [1.165, 1.54) is 48.8 Å². The van der Waals surface area contributed by atoms with E-state index in [-0.39, 0.29) is 11.4 Å². The van der Waals surface area contributed by atoms with Crippen LogP contribution < -0.4 is 10.1 Å². The molecule has 6 nitrogen and oxygen atoms in total. The molecule has 0 unspecified atom stereocenters. The van der Waals surface area contributed by atoms with E-state index in [0.29, 0.717) is 22.6 Å². The van der Waals surface area contributed by atoms with E-state index >= 15 is 0 Å². The van der Waals surface area contributed by atoms with Gasteiger partial charge in [-0.05, 0) is 48.5 Å². The molecule has 0 radical (unpaired) electrons. The molecular formula is C22H21FN2O4S. The van der Waals surface area contributed by atoms with E-state index in [9.17, 15) is 17.6 Å². The minimum absolute atomic E-state index is 0.00147. The van der Waals surface area contributed by atoms with Crippen molar-refractivity contribution in [1.29, 1.82) is 0 Å². The van der Waals surface area contributed by atoms with Crippen molar-refractivity contribution in [3.63, 3.8) is 0 Å². The number of rotatable bonds is 7. The van der Waals surface area contributed by atoms with Crippen LogP contribution in [-0.2, 0) is 16.6 Å². The molecule has 0 heterocycles. The van der Waals surface area contributed by atoms with Crippen molar-refractivity contribution in [3.05, 3.63) is 89.7 Å². The zero-order valence-corrected chi connectivity index (χ0v) is 17.3. The molecule has 0 aliphatic heterocycles. The second kappa shape index (κ2) is 9.06. The summed E-state index contributed by atoms with van der Waals surface area (Å²) < 4.78 is 45.5. The number of sulfonamides is 1. The Morgan fingerprint density at radius 1 is 1.03 bits per heavy atom. The molecule has 0 aliphatic carbocycles. The minimum Gasteiger partial charge on any atom is -0.496 e. The van der Waals surface area contributed by atoms with E-state index in [2.05, 4.69) is 5.32 Å². The van der Waals surface area contributed by atoms with Gasteiger partial charge in [-0.2, -0.15) is 4.31 Å². The fraction of sp³-hybridized carbons (Fsp3) is 0.136. The first-order chi connectivity index (χ1) is 14.3. The standard InChI is InChI=1S/C22H21FN2O4S/c1-25(30(27,28)20-9-4-3-5-10-20)15-17-13-16(11-12-21(17)29-2)22(26)24-19-8-6-7-18(23)14-19/h3-14H,15H2,1-2H3,(H,24,26). The van der Waals surface area contributed by atoms with Crippen LogP contribution in [0.2, 0.25) is 0 Å². The third-order valence-corrected chi connectivity index (χ3v) is 6.29. The van der Waals surface area contributed by atoms with Crippen molar-refractivity contribution in [3.8, 4) is 5.75 Å². The summed E-state index contributed by atoms with van der Waals surface area (Å²) >= 11 is 0. The summed E-state index contributed by atoms with van der Waals surface area (Å²) in [6.07, 6.45) is 0. The van der Waals surface area contributed by atoms with Gasteiger partial charge < -0.3 is 10.1 Å². The van der Waals surface area contributed by atoms with Crippen molar-refractivity contribution >= 4 is 21.6 Å². The van der Waals surface area contributed by atoms with Gasteiger partial charge >= 0.3 is 0 Å². The average Bonchev–Trinajstić information content (AvgIpc) is 2.74. The molecule has 0 aliphatic rings. The van der Waals surface area contributed by atoms with Gasteiger partial charge in [0.05, 0.1) is 12.0 Å². The zero-order chi connectivity index (χ0) is 21.7. The summed E-state index contributed by atoms with van der Waals surface area (Å²) in [4.78, 5) is 12.7. The summed E-state index contributed by atoms with van der Waals surface area (Å²) in [6.45, 7) is 0.00147. The zero-order valence-electron chi connectivity index (χ0n) is 16.5. The number of benzene rings is 3. The number of halogens is 1. The van der Waals surface area contributed by atoms with Gasteiger partial charge in [0.25, 0.3) is 5.91 Å². The number of anilines is 1. The summed E-state index contributed by atoms with van der Waals surface area (Å²) in [6, 6.07) is 18.4. The van der Waals surface area contributed by atoms with E-state index in [1.54, 1.807) is 42.5 Å². The molecular weight excluding hydrogens is 407 g/mol. The number of hydrogen-bond acceptors (Lipinski definition) is 4. The maximum atomic E-state index is 13.3. The Hall–Kier alpha value is -3.23.